The van der Waals surface area contributed by atoms with Gasteiger partial charge < -0.3 is 15.1 Å². The van der Waals surface area contributed by atoms with Crippen LogP contribution in [0.3, 0.4) is 0 Å². The number of nitrogens with zero attached hydrogens (tertiary/aromatic N) is 5. The summed E-state index contributed by atoms with van der Waals surface area (Å²) in [4.78, 5) is 18.3. The molecule has 2 atom stereocenters. The van der Waals surface area contributed by atoms with Crippen LogP contribution in [0.5, 0.6) is 0 Å². The topological polar surface area (TPSA) is 85.6 Å². The molecule has 2 aromatic heterocycles. The number of rotatable bonds is 9. The largest absolute Gasteiger partial charge is 0.416 e. The zero-order chi connectivity index (χ0) is 36.7. The summed E-state index contributed by atoms with van der Waals surface area (Å²) in [6, 6.07) is 4.00. The van der Waals surface area contributed by atoms with E-state index in [4.69, 9.17) is 4.98 Å². The van der Waals surface area contributed by atoms with Gasteiger partial charge >= 0.3 is 6.18 Å². The van der Waals surface area contributed by atoms with E-state index in [9.17, 15) is 32.2 Å². The van der Waals surface area contributed by atoms with Crippen LogP contribution >= 0.6 is 0 Å². The van der Waals surface area contributed by atoms with Gasteiger partial charge in [-0.25, -0.2) is 23.1 Å². The van der Waals surface area contributed by atoms with E-state index in [1.165, 1.54) is 0 Å². The number of pyridine rings is 1. The molecule has 3 heterocycles. The minimum Gasteiger partial charge on any atom is -0.395 e. The van der Waals surface area contributed by atoms with Crippen LogP contribution in [-0.4, -0.2) is 69.3 Å². The first-order valence-electron chi connectivity index (χ1n) is 17.8. The van der Waals surface area contributed by atoms with Gasteiger partial charge in [-0.3, -0.25) is 9.88 Å². The molecular formula is C38H47F6N5O2. The number of alkyl halides is 6. The summed E-state index contributed by atoms with van der Waals surface area (Å²) in [7, 11) is 1.90. The molecule has 0 radical (unpaired) electrons. The van der Waals surface area contributed by atoms with Gasteiger partial charge in [0.05, 0.1) is 24.0 Å². The summed E-state index contributed by atoms with van der Waals surface area (Å²) < 4.78 is 86.5. The van der Waals surface area contributed by atoms with E-state index in [0.29, 0.717) is 80.3 Å². The van der Waals surface area contributed by atoms with Crippen molar-refractivity contribution in [3.05, 3.63) is 81.4 Å². The zero-order valence-electron chi connectivity index (χ0n) is 29.4. The summed E-state index contributed by atoms with van der Waals surface area (Å²) >= 11 is 0. The third-order valence-electron chi connectivity index (χ3n) is 10.8. The quantitative estimate of drug-likeness (QED) is 0.217. The average molecular weight is 720 g/mol. The van der Waals surface area contributed by atoms with Crippen LogP contribution in [0.15, 0.2) is 36.7 Å². The first-order chi connectivity index (χ1) is 24.0. The van der Waals surface area contributed by atoms with Gasteiger partial charge in [0.1, 0.15) is 0 Å². The molecule has 2 N–H and O–H groups in total. The van der Waals surface area contributed by atoms with Gasteiger partial charge in [-0.15, -0.1) is 0 Å². The van der Waals surface area contributed by atoms with Crippen molar-refractivity contribution in [3.63, 3.8) is 0 Å². The van der Waals surface area contributed by atoms with Crippen LogP contribution in [0.4, 0.5) is 32.3 Å². The fraction of sp³-hybridized carbons (Fsp3) is 0.605. The van der Waals surface area contributed by atoms with Crippen molar-refractivity contribution in [2.45, 2.75) is 108 Å². The smallest absolute Gasteiger partial charge is 0.395 e. The third-order valence-corrected chi connectivity index (χ3v) is 10.8. The highest BCUT2D eigenvalue weighted by Gasteiger charge is 2.44. The molecule has 0 spiro atoms. The van der Waals surface area contributed by atoms with Gasteiger partial charge in [0.15, 0.2) is 6.17 Å². The first-order valence-corrected chi connectivity index (χ1v) is 17.8. The third kappa shape index (κ3) is 8.36. The van der Waals surface area contributed by atoms with E-state index in [1.807, 2.05) is 25.8 Å². The molecule has 6 rings (SSSR count). The Morgan fingerprint density at radius 3 is 2.18 bits per heavy atom. The SMILES string of the molecule is CN(CCO)Cc1cnc(N2CCC(c3nc4c(c(C5CCC(F)(F)CC5)c3C(F)c3ccc(C(F)(F)F)cc3)[C@@H](O)CC(C)(C)C4)CC2)nc1. The van der Waals surface area contributed by atoms with Crippen LogP contribution in [0, 0.1) is 5.41 Å². The summed E-state index contributed by atoms with van der Waals surface area (Å²) in [5.41, 5.74) is 2.12. The lowest BCUT2D eigenvalue weighted by molar-refractivity contribution is -0.137. The van der Waals surface area contributed by atoms with Gasteiger partial charge in [-0.2, -0.15) is 13.2 Å². The highest BCUT2D eigenvalue weighted by atomic mass is 19.4. The minimum absolute atomic E-state index is 0.0228. The number of aromatic nitrogens is 3. The second-order valence-electron chi connectivity index (χ2n) is 15.5. The predicted molar refractivity (Wildman–Crippen MR) is 181 cm³/mol. The zero-order valence-corrected chi connectivity index (χ0v) is 29.4. The Labute approximate surface area is 295 Å². The summed E-state index contributed by atoms with van der Waals surface area (Å²) in [6.07, 6.45) is -2.40. The molecule has 0 amide bonds. The number of hydrogen-bond acceptors (Lipinski definition) is 7. The molecule has 0 bridgehead atoms. The second-order valence-corrected chi connectivity index (χ2v) is 15.5. The van der Waals surface area contributed by atoms with Crippen molar-refractivity contribution >= 4 is 5.95 Å². The molecule has 2 fully saturated rings. The summed E-state index contributed by atoms with van der Waals surface area (Å²) in [5.74, 6) is -2.96. The normalized spacial score (nSPS) is 21.9. The number of aliphatic hydroxyl groups is 2. The Morgan fingerprint density at radius 2 is 1.59 bits per heavy atom. The lowest BCUT2D eigenvalue weighted by Crippen LogP contribution is -2.36. The van der Waals surface area contributed by atoms with Gasteiger partial charge in [-0.1, -0.05) is 26.0 Å². The molecule has 1 saturated carbocycles. The Hall–Kier alpha value is -3.29. The highest BCUT2D eigenvalue weighted by molar-refractivity contribution is 5.51. The maximum Gasteiger partial charge on any atom is 0.416 e. The number of piperidine rings is 1. The molecule has 278 valence electrons. The molecular weight excluding hydrogens is 672 g/mol. The molecule has 1 unspecified atom stereocenters. The maximum atomic E-state index is 17.2. The number of halogens is 6. The van der Waals surface area contributed by atoms with E-state index < -0.39 is 35.9 Å². The highest BCUT2D eigenvalue weighted by Crippen LogP contribution is 2.52. The molecule has 3 aliphatic rings. The molecule has 3 aromatic rings. The predicted octanol–water partition coefficient (Wildman–Crippen LogP) is 8.06. The van der Waals surface area contributed by atoms with Gasteiger partial charge in [-0.05, 0) is 80.2 Å². The van der Waals surface area contributed by atoms with Crippen LogP contribution in [-0.2, 0) is 19.1 Å². The maximum absolute atomic E-state index is 17.2. The molecule has 1 saturated heterocycles. The van der Waals surface area contributed by atoms with Crippen molar-refractivity contribution in [1.82, 2.24) is 19.9 Å². The van der Waals surface area contributed by atoms with E-state index in [2.05, 4.69) is 14.9 Å². The van der Waals surface area contributed by atoms with Crippen molar-refractivity contribution in [2.75, 3.05) is 38.2 Å². The Balaban J connectivity index is 1.39. The van der Waals surface area contributed by atoms with Crippen LogP contribution in [0.2, 0.25) is 0 Å². The van der Waals surface area contributed by atoms with Gasteiger partial charge in [0, 0.05) is 79.7 Å². The van der Waals surface area contributed by atoms with Crippen molar-refractivity contribution in [3.8, 4) is 0 Å². The Bertz CT molecular complexity index is 1650. The van der Waals surface area contributed by atoms with Gasteiger partial charge in [0.2, 0.25) is 11.9 Å². The van der Waals surface area contributed by atoms with Crippen molar-refractivity contribution in [2.24, 2.45) is 5.41 Å². The summed E-state index contributed by atoms with van der Waals surface area (Å²) in [5, 5.41) is 20.8. The second kappa shape index (κ2) is 14.6. The Kier molecular flexibility index (Phi) is 10.7. The van der Waals surface area contributed by atoms with E-state index in [-0.39, 0.29) is 54.7 Å². The van der Waals surface area contributed by atoms with Crippen LogP contribution < -0.4 is 4.90 Å². The lowest BCUT2D eigenvalue weighted by Gasteiger charge is -2.41. The molecule has 51 heavy (non-hydrogen) atoms. The van der Waals surface area contributed by atoms with E-state index in [0.717, 1.165) is 29.8 Å². The number of aliphatic hydroxyl groups excluding tert-OH is 2. The number of likely N-dealkylation sites (N-methyl/N-ethyl adjacent to an activating group) is 1. The first kappa shape index (κ1) is 37.5. The van der Waals surface area contributed by atoms with Crippen LogP contribution in [0.25, 0.3) is 0 Å². The molecule has 1 aliphatic heterocycles. The molecule has 7 nitrogen and oxygen atoms in total. The molecule has 1 aromatic carbocycles. The molecule has 13 heteroatoms. The van der Waals surface area contributed by atoms with E-state index >= 15 is 4.39 Å². The fourth-order valence-corrected chi connectivity index (χ4v) is 8.22. The van der Waals surface area contributed by atoms with Crippen molar-refractivity contribution < 1.29 is 36.6 Å². The van der Waals surface area contributed by atoms with Crippen molar-refractivity contribution in [1.29, 1.82) is 0 Å². The number of anilines is 1. The average Bonchev–Trinajstić information content (AvgIpc) is 3.07. The standard InChI is InChI=1S/C38H47F6N5O2/c1-36(2)18-28-31(29(51)19-36)30(24-8-12-37(40,41)13-9-24)32(33(39)25-4-6-27(7-5-25)38(42,43)44)34(47-28)26-10-14-49(15-11-26)35-45-20-23(21-46-35)22-48(3)16-17-50/h4-7,20-21,24,26,29,33,50-51H,8-19,22H2,1-3H3/t29-,33?/m0/s1. The monoisotopic (exact) mass is 719 g/mol. The lowest BCUT2D eigenvalue weighted by atomic mass is 9.68. The molecule has 2 aliphatic carbocycles. The number of fused-ring (bicyclic) bond motifs is 1. The van der Waals surface area contributed by atoms with Crippen LogP contribution in [0.1, 0.15) is 128 Å². The van der Waals surface area contributed by atoms with Gasteiger partial charge in [0.25, 0.3) is 0 Å². The summed E-state index contributed by atoms with van der Waals surface area (Å²) in [6.45, 7) is 6.32. The van der Waals surface area contributed by atoms with E-state index in [1.54, 1.807) is 12.4 Å². The number of hydrogen-bond donors (Lipinski definition) is 2. The number of benzene rings is 1. The Morgan fingerprint density at radius 1 is 0.961 bits per heavy atom. The minimum atomic E-state index is -4.59. The fourth-order valence-electron chi connectivity index (χ4n) is 8.22.